The van der Waals surface area contributed by atoms with Crippen molar-refractivity contribution in [3.8, 4) is 5.69 Å². The van der Waals surface area contributed by atoms with Gasteiger partial charge in [0.1, 0.15) is 5.82 Å². The lowest BCUT2D eigenvalue weighted by Crippen LogP contribution is -2.49. The summed E-state index contributed by atoms with van der Waals surface area (Å²) in [6.07, 6.45) is 7.18. The van der Waals surface area contributed by atoms with Crippen molar-refractivity contribution < 1.29 is 8.42 Å². The second-order valence-electron chi connectivity index (χ2n) is 8.55. The molecule has 0 atom stereocenters. The highest BCUT2D eigenvalue weighted by atomic mass is 32.2. The van der Waals surface area contributed by atoms with Gasteiger partial charge >= 0.3 is 0 Å². The number of piperidine rings is 1. The van der Waals surface area contributed by atoms with Crippen LogP contribution in [0, 0.1) is 6.92 Å². The zero-order chi connectivity index (χ0) is 22.8. The predicted molar refractivity (Wildman–Crippen MR) is 127 cm³/mol. The average molecular weight is 468 g/mol. The zero-order valence-corrected chi connectivity index (χ0v) is 19.7. The quantitative estimate of drug-likeness (QED) is 0.570. The highest BCUT2D eigenvalue weighted by molar-refractivity contribution is 7.89. The van der Waals surface area contributed by atoms with Gasteiger partial charge in [0.15, 0.2) is 0 Å². The minimum atomic E-state index is -3.56. The summed E-state index contributed by atoms with van der Waals surface area (Å²) in [5, 5.41) is 4.18. The molecular weight excluding hydrogens is 438 g/mol. The van der Waals surface area contributed by atoms with Crippen LogP contribution < -0.4 is 9.80 Å². The number of benzene rings is 1. The maximum Gasteiger partial charge on any atom is 0.243 e. The van der Waals surface area contributed by atoms with E-state index in [1.807, 2.05) is 25.3 Å². The smallest absolute Gasteiger partial charge is 0.243 e. The van der Waals surface area contributed by atoms with Crippen molar-refractivity contribution in [1.82, 2.24) is 24.1 Å². The molecular formula is C23H29N7O2S. The molecule has 4 heterocycles. The Labute approximate surface area is 194 Å². The summed E-state index contributed by atoms with van der Waals surface area (Å²) >= 11 is 0. The third-order valence-electron chi connectivity index (χ3n) is 6.27. The van der Waals surface area contributed by atoms with Crippen molar-refractivity contribution in [2.45, 2.75) is 31.1 Å². The Morgan fingerprint density at radius 2 is 1.58 bits per heavy atom. The highest BCUT2D eigenvalue weighted by Crippen LogP contribution is 2.24. The summed E-state index contributed by atoms with van der Waals surface area (Å²) < 4.78 is 29.6. The number of hydrogen-bond donors (Lipinski definition) is 0. The fourth-order valence-corrected chi connectivity index (χ4v) is 5.86. The summed E-state index contributed by atoms with van der Waals surface area (Å²) in [5.41, 5.74) is 1.76. The lowest BCUT2D eigenvalue weighted by molar-refractivity contribution is 0.382. The Kier molecular flexibility index (Phi) is 6.03. The first-order valence-corrected chi connectivity index (χ1v) is 12.9. The van der Waals surface area contributed by atoms with Gasteiger partial charge in [-0.1, -0.05) is 0 Å². The van der Waals surface area contributed by atoms with Crippen LogP contribution in [0.15, 0.2) is 53.7 Å². The van der Waals surface area contributed by atoms with Crippen molar-refractivity contribution in [3.63, 3.8) is 0 Å². The molecule has 33 heavy (non-hydrogen) atoms. The van der Waals surface area contributed by atoms with Crippen LogP contribution in [0.2, 0.25) is 0 Å². The van der Waals surface area contributed by atoms with Gasteiger partial charge in [-0.05, 0) is 56.5 Å². The summed E-state index contributed by atoms with van der Waals surface area (Å²) in [4.78, 5) is 14.2. The van der Waals surface area contributed by atoms with E-state index >= 15 is 0 Å². The minimum Gasteiger partial charge on any atom is -0.356 e. The molecule has 0 aliphatic carbocycles. The molecule has 0 unspecified atom stereocenters. The van der Waals surface area contributed by atoms with Crippen LogP contribution in [0.4, 0.5) is 11.8 Å². The number of aromatic nitrogens is 4. The Bertz CT molecular complexity index is 1180. The van der Waals surface area contributed by atoms with Crippen LogP contribution in [0.25, 0.3) is 5.69 Å². The maximum absolute atomic E-state index is 13.2. The average Bonchev–Trinajstić information content (AvgIpc) is 3.39. The second kappa shape index (κ2) is 9.11. The number of sulfonamides is 1. The molecule has 10 heteroatoms. The van der Waals surface area contributed by atoms with E-state index in [2.05, 4.69) is 19.9 Å². The second-order valence-corrected chi connectivity index (χ2v) is 10.5. The van der Waals surface area contributed by atoms with Crippen molar-refractivity contribution in [2.24, 2.45) is 0 Å². The Morgan fingerprint density at radius 3 is 2.24 bits per heavy atom. The van der Waals surface area contributed by atoms with Gasteiger partial charge < -0.3 is 9.80 Å². The molecule has 0 radical (unpaired) electrons. The first kappa shape index (κ1) is 21.8. The van der Waals surface area contributed by atoms with Crippen molar-refractivity contribution in [1.29, 1.82) is 0 Å². The fraction of sp³-hybridized carbons (Fsp3) is 0.435. The Morgan fingerprint density at radius 1 is 0.848 bits per heavy atom. The summed E-state index contributed by atoms with van der Waals surface area (Å²) in [5.74, 6) is 1.67. The van der Waals surface area contributed by atoms with Gasteiger partial charge in [-0.25, -0.2) is 18.1 Å². The number of piperazine rings is 1. The van der Waals surface area contributed by atoms with Gasteiger partial charge in [0, 0.05) is 63.4 Å². The molecule has 3 aromatic rings. The molecule has 2 aliphatic heterocycles. The molecule has 174 valence electrons. The number of hydrogen-bond acceptors (Lipinski definition) is 7. The fourth-order valence-electron chi connectivity index (χ4n) is 4.43. The summed E-state index contributed by atoms with van der Waals surface area (Å²) in [6, 6.07) is 10.7. The standard InChI is InChI=1S/C23H29N7O2S/c1-19-18-22(27-11-3-2-4-12-27)26-23(25-19)28-14-16-29(17-15-28)33(31,32)21-8-6-20(7-9-21)30-13-5-10-24-30/h5-10,13,18H,2-4,11-12,14-17H2,1H3. The number of anilines is 2. The predicted octanol–water partition coefficient (Wildman–Crippen LogP) is 2.47. The molecule has 0 amide bonds. The zero-order valence-electron chi connectivity index (χ0n) is 18.8. The molecule has 2 fully saturated rings. The van der Waals surface area contributed by atoms with Crippen LogP contribution in [0.5, 0.6) is 0 Å². The van der Waals surface area contributed by atoms with Crippen LogP contribution in [-0.4, -0.2) is 71.7 Å². The van der Waals surface area contributed by atoms with Crippen molar-refractivity contribution in [2.75, 3.05) is 49.1 Å². The van der Waals surface area contributed by atoms with Crippen LogP contribution in [0.1, 0.15) is 25.0 Å². The van der Waals surface area contributed by atoms with E-state index in [1.54, 1.807) is 39.4 Å². The topological polar surface area (TPSA) is 87.5 Å². The van der Waals surface area contributed by atoms with Crippen LogP contribution >= 0.6 is 0 Å². The van der Waals surface area contributed by atoms with Crippen LogP contribution in [-0.2, 0) is 10.0 Å². The maximum atomic E-state index is 13.2. The highest BCUT2D eigenvalue weighted by Gasteiger charge is 2.29. The molecule has 1 aromatic carbocycles. The van der Waals surface area contributed by atoms with E-state index in [4.69, 9.17) is 4.98 Å². The van der Waals surface area contributed by atoms with Gasteiger partial charge in [-0.2, -0.15) is 14.4 Å². The molecule has 9 nitrogen and oxygen atoms in total. The molecule has 2 aliphatic rings. The third-order valence-corrected chi connectivity index (χ3v) is 8.19. The lowest BCUT2D eigenvalue weighted by Gasteiger charge is -2.35. The van der Waals surface area contributed by atoms with E-state index in [1.165, 1.54) is 19.3 Å². The molecule has 0 N–H and O–H groups in total. The van der Waals surface area contributed by atoms with E-state index in [0.717, 1.165) is 30.3 Å². The Balaban J connectivity index is 1.27. The van der Waals surface area contributed by atoms with Gasteiger partial charge in [0.2, 0.25) is 16.0 Å². The Hall–Kier alpha value is -2.98. The van der Waals surface area contributed by atoms with Gasteiger partial charge in [0.25, 0.3) is 0 Å². The third kappa shape index (κ3) is 4.58. The van der Waals surface area contributed by atoms with Gasteiger partial charge in [-0.15, -0.1) is 0 Å². The van der Waals surface area contributed by atoms with E-state index < -0.39 is 10.0 Å². The number of nitrogens with zero attached hydrogens (tertiary/aromatic N) is 7. The monoisotopic (exact) mass is 467 g/mol. The van der Waals surface area contributed by atoms with E-state index in [-0.39, 0.29) is 0 Å². The summed E-state index contributed by atoms with van der Waals surface area (Å²) in [6.45, 7) is 5.98. The van der Waals surface area contributed by atoms with Crippen molar-refractivity contribution >= 4 is 21.8 Å². The molecule has 0 bridgehead atoms. The SMILES string of the molecule is Cc1cc(N2CCCCC2)nc(N2CCN(S(=O)(=O)c3ccc(-n4cccn4)cc3)CC2)n1. The van der Waals surface area contributed by atoms with Crippen LogP contribution in [0.3, 0.4) is 0 Å². The van der Waals surface area contributed by atoms with Crippen molar-refractivity contribution in [3.05, 3.63) is 54.5 Å². The minimum absolute atomic E-state index is 0.297. The van der Waals surface area contributed by atoms with E-state index in [0.29, 0.717) is 37.0 Å². The van der Waals surface area contributed by atoms with E-state index in [9.17, 15) is 8.42 Å². The van der Waals surface area contributed by atoms with Gasteiger partial charge in [-0.3, -0.25) is 0 Å². The molecule has 0 spiro atoms. The number of rotatable bonds is 5. The molecule has 2 aromatic heterocycles. The summed E-state index contributed by atoms with van der Waals surface area (Å²) in [7, 11) is -3.56. The number of aryl methyl sites for hydroxylation is 1. The molecule has 5 rings (SSSR count). The first-order chi connectivity index (χ1) is 16.0. The normalized spacial score (nSPS) is 18.0. The lowest BCUT2D eigenvalue weighted by atomic mass is 10.1. The first-order valence-electron chi connectivity index (χ1n) is 11.5. The molecule has 2 saturated heterocycles. The molecule has 0 saturated carbocycles. The van der Waals surface area contributed by atoms with Gasteiger partial charge in [0.05, 0.1) is 10.6 Å². The largest absolute Gasteiger partial charge is 0.356 e.